The minimum Gasteiger partial charge on any atom is -0.342 e. The topological polar surface area (TPSA) is 77.8 Å². The van der Waals surface area contributed by atoms with Crippen LogP contribution in [0.4, 0.5) is 0 Å². The van der Waals surface area contributed by atoms with E-state index in [9.17, 15) is 0 Å². The molecule has 0 unspecified atom stereocenters. The maximum Gasteiger partial charge on any atom is 0.214 e. The summed E-state index contributed by atoms with van der Waals surface area (Å²) < 4.78 is 4.71. The zero-order valence-corrected chi connectivity index (χ0v) is 8.47. The van der Waals surface area contributed by atoms with Crippen LogP contribution in [-0.4, -0.2) is 21.7 Å². The summed E-state index contributed by atoms with van der Waals surface area (Å²) in [7, 11) is 0. The van der Waals surface area contributed by atoms with Gasteiger partial charge in [0.05, 0.1) is 0 Å². The zero-order valence-electron chi connectivity index (χ0n) is 8.47. The lowest BCUT2D eigenvalue weighted by atomic mass is 10.0. The smallest absolute Gasteiger partial charge is 0.214 e. The first kappa shape index (κ1) is 9.79. The number of pyridine rings is 1. The van der Waals surface area contributed by atoms with Crippen molar-refractivity contribution in [3.8, 4) is 11.4 Å². The van der Waals surface area contributed by atoms with E-state index < -0.39 is 0 Å². The summed E-state index contributed by atoms with van der Waals surface area (Å²) in [6.07, 6.45) is 5.68. The summed E-state index contributed by atoms with van der Waals surface area (Å²) >= 11 is 0. The van der Waals surface area contributed by atoms with Gasteiger partial charge in [-0.15, -0.1) is 0 Å². The molecule has 0 fully saturated rings. The molecule has 15 heavy (non-hydrogen) atoms. The molecule has 2 aromatic heterocycles. The summed E-state index contributed by atoms with van der Waals surface area (Å²) in [5.74, 6) is 0.568. The van der Waals surface area contributed by atoms with Crippen LogP contribution in [0.3, 0.4) is 0 Å². The lowest BCUT2D eigenvalue weighted by Crippen LogP contribution is -2.05. The van der Waals surface area contributed by atoms with Crippen molar-refractivity contribution < 1.29 is 4.52 Å². The van der Waals surface area contributed by atoms with Gasteiger partial charge in [-0.25, -0.2) is 0 Å². The lowest BCUT2D eigenvalue weighted by Gasteiger charge is -2.06. The van der Waals surface area contributed by atoms with Crippen molar-refractivity contribution in [2.24, 2.45) is 5.73 Å². The van der Waals surface area contributed by atoms with Crippen LogP contribution in [0.15, 0.2) is 23.3 Å². The molecule has 0 saturated carbocycles. The minimum atomic E-state index is 0.568. The van der Waals surface area contributed by atoms with Crippen molar-refractivity contribution in [1.82, 2.24) is 15.1 Å². The molecule has 5 nitrogen and oxygen atoms in total. The highest BCUT2D eigenvalue weighted by atomic mass is 16.5. The second kappa shape index (κ2) is 4.18. The van der Waals surface area contributed by atoms with Crippen molar-refractivity contribution in [2.75, 3.05) is 6.54 Å². The van der Waals surface area contributed by atoms with Crippen molar-refractivity contribution in [3.05, 3.63) is 29.9 Å². The van der Waals surface area contributed by atoms with Crippen molar-refractivity contribution in [1.29, 1.82) is 0 Å². The maximum absolute atomic E-state index is 5.52. The molecule has 2 N–H and O–H groups in total. The van der Waals surface area contributed by atoms with Gasteiger partial charge in [0.25, 0.3) is 0 Å². The molecule has 2 rings (SSSR count). The van der Waals surface area contributed by atoms with Gasteiger partial charge in [-0.2, -0.15) is 4.98 Å². The summed E-state index contributed by atoms with van der Waals surface area (Å²) in [5.41, 5.74) is 8.65. The average Bonchev–Trinajstić information content (AvgIpc) is 2.74. The van der Waals surface area contributed by atoms with E-state index >= 15 is 0 Å². The first-order valence-electron chi connectivity index (χ1n) is 4.73. The van der Waals surface area contributed by atoms with Gasteiger partial charge in [-0.3, -0.25) is 4.98 Å². The Morgan fingerprint density at radius 2 is 2.27 bits per heavy atom. The minimum absolute atomic E-state index is 0.568. The Morgan fingerprint density at radius 1 is 1.40 bits per heavy atom. The number of rotatable bonds is 3. The predicted molar refractivity (Wildman–Crippen MR) is 55.0 cm³/mol. The van der Waals surface area contributed by atoms with Crippen LogP contribution in [0.25, 0.3) is 11.4 Å². The first-order chi connectivity index (χ1) is 7.33. The Labute approximate surface area is 87.3 Å². The molecule has 0 bridgehead atoms. The number of aromatic nitrogens is 3. The van der Waals surface area contributed by atoms with Gasteiger partial charge in [0.1, 0.15) is 0 Å². The van der Waals surface area contributed by atoms with Gasteiger partial charge in [0, 0.05) is 18.0 Å². The van der Waals surface area contributed by atoms with Crippen LogP contribution in [0, 0.1) is 6.92 Å². The van der Waals surface area contributed by atoms with Crippen LogP contribution in [0.1, 0.15) is 11.1 Å². The van der Waals surface area contributed by atoms with E-state index in [0.717, 1.165) is 23.1 Å². The number of nitrogens with two attached hydrogens (primary N) is 1. The SMILES string of the molecule is Cc1c(CCN)cncc1-c1ncon1. The fourth-order valence-electron chi connectivity index (χ4n) is 1.49. The van der Waals surface area contributed by atoms with E-state index in [2.05, 4.69) is 15.1 Å². The Kier molecular flexibility index (Phi) is 2.73. The van der Waals surface area contributed by atoms with Crippen LogP contribution < -0.4 is 5.73 Å². The largest absolute Gasteiger partial charge is 0.342 e. The van der Waals surface area contributed by atoms with E-state index in [1.165, 1.54) is 6.39 Å². The monoisotopic (exact) mass is 204 g/mol. The normalized spacial score (nSPS) is 10.5. The van der Waals surface area contributed by atoms with E-state index in [4.69, 9.17) is 10.3 Å². The molecule has 78 valence electrons. The van der Waals surface area contributed by atoms with Crippen molar-refractivity contribution >= 4 is 0 Å². The van der Waals surface area contributed by atoms with E-state index in [0.29, 0.717) is 12.4 Å². The fourth-order valence-corrected chi connectivity index (χ4v) is 1.49. The molecule has 0 radical (unpaired) electrons. The molecule has 0 aliphatic carbocycles. The quantitative estimate of drug-likeness (QED) is 0.805. The number of nitrogens with zero attached hydrogens (tertiary/aromatic N) is 3. The van der Waals surface area contributed by atoms with Gasteiger partial charge in [-0.1, -0.05) is 5.16 Å². The van der Waals surface area contributed by atoms with Gasteiger partial charge < -0.3 is 10.3 Å². The highest BCUT2D eigenvalue weighted by Crippen LogP contribution is 2.21. The summed E-state index contributed by atoms with van der Waals surface area (Å²) in [6, 6.07) is 0. The molecule has 0 aliphatic rings. The molecule has 0 aromatic carbocycles. The summed E-state index contributed by atoms with van der Waals surface area (Å²) in [4.78, 5) is 8.14. The molecule has 0 amide bonds. The van der Waals surface area contributed by atoms with E-state index in [1.807, 2.05) is 13.1 Å². The Bertz CT molecular complexity index is 439. The molecule has 0 aliphatic heterocycles. The fraction of sp³-hybridized carbons (Fsp3) is 0.300. The third-order valence-corrected chi connectivity index (χ3v) is 2.34. The molecule has 0 spiro atoms. The number of hydrogen-bond acceptors (Lipinski definition) is 5. The molecule has 2 heterocycles. The van der Waals surface area contributed by atoms with E-state index in [-0.39, 0.29) is 0 Å². The number of hydrogen-bond donors (Lipinski definition) is 1. The second-order valence-electron chi connectivity index (χ2n) is 3.26. The van der Waals surface area contributed by atoms with E-state index in [1.54, 1.807) is 6.20 Å². The van der Waals surface area contributed by atoms with Crippen LogP contribution in [0.2, 0.25) is 0 Å². The summed E-state index contributed by atoms with van der Waals surface area (Å²) in [6.45, 7) is 2.62. The first-order valence-corrected chi connectivity index (χ1v) is 4.73. The third-order valence-electron chi connectivity index (χ3n) is 2.34. The standard InChI is InChI=1S/C10H12N4O/c1-7-8(2-3-11)4-12-5-9(7)10-13-6-15-14-10/h4-6H,2-3,11H2,1H3. The predicted octanol–water partition coefficient (Wildman–Crippen LogP) is 0.941. The average molecular weight is 204 g/mol. The maximum atomic E-state index is 5.52. The van der Waals surface area contributed by atoms with Gasteiger partial charge in [0.2, 0.25) is 12.2 Å². The van der Waals surface area contributed by atoms with Crippen LogP contribution in [-0.2, 0) is 6.42 Å². The van der Waals surface area contributed by atoms with Gasteiger partial charge in [0.15, 0.2) is 0 Å². The van der Waals surface area contributed by atoms with Crippen molar-refractivity contribution in [2.45, 2.75) is 13.3 Å². The molecular formula is C10H12N4O. The van der Waals surface area contributed by atoms with Gasteiger partial charge in [-0.05, 0) is 31.0 Å². The van der Waals surface area contributed by atoms with Crippen LogP contribution in [0.5, 0.6) is 0 Å². The molecular weight excluding hydrogens is 192 g/mol. The second-order valence-corrected chi connectivity index (χ2v) is 3.26. The Hall–Kier alpha value is -1.75. The molecule has 5 heteroatoms. The van der Waals surface area contributed by atoms with Crippen LogP contribution >= 0.6 is 0 Å². The highest BCUT2D eigenvalue weighted by Gasteiger charge is 2.09. The molecule has 0 atom stereocenters. The Balaban J connectivity index is 2.45. The molecule has 2 aromatic rings. The zero-order chi connectivity index (χ0) is 10.7. The third kappa shape index (κ3) is 1.87. The highest BCUT2D eigenvalue weighted by molar-refractivity contribution is 5.59. The lowest BCUT2D eigenvalue weighted by molar-refractivity contribution is 0.418. The molecule has 0 saturated heterocycles. The summed E-state index contributed by atoms with van der Waals surface area (Å²) in [5, 5.41) is 3.79. The van der Waals surface area contributed by atoms with Gasteiger partial charge >= 0.3 is 0 Å². The Morgan fingerprint density at radius 3 is 2.93 bits per heavy atom. The van der Waals surface area contributed by atoms with Crippen molar-refractivity contribution in [3.63, 3.8) is 0 Å².